The fourth-order valence-corrected chi connectivity index (χ4v) is 4.03. The van der Waals surface area contributed by atoms with Crippen LogP contribution in [0.2, 0.25) is 0 Å². The molecule has 4 heterocycles. The van der Waals surface area contributed by atoms with Crippen LogP contribution in [0.5, 0.6) is 5.75 Å². The van der Waals surface area contributed by atoms with Gasteiger partial charge in [0.2, 0.25) is 5.89 Å². The van der Waals surface area contributed by atoms with Crippen LogP contribution in [0, 0.1) is 0 Å². The Morgan fingerprint density at radius 2 is 2.00 bits per heavy atom. The van der Waals surface area contributed by atoms with E-state index in [-0.39, 0.29) is 12.2 Å². The third-order valence-corrected chi connectivity index (χ3v) is 5.78. The first-order chi connectivity index (χ1) is 16.2. The zero-order valence-electron chi connectivity index (χ0n) is 18.5. The molecule has 0 atom stereocenters. The molecule has 0 unspecified atom stereocenters. The molecule has 0 spiro atoms. The lowest BCUT2D eigenvalue weighted by molar-refractivity contribution is 0.0991. The highest BCUT2D eigenvalue weighted by molar-refractivity contribution is 5.97. The van der Waals surface area contributed by atoms with Crippen molar-refractivity contribution in [3.63, 3.8) is 0 Å². The largest absolute Gasteiger partial charge is 0.496 e. The van der Waals surface area contributed by atoms with E-state index in [1.165, 1.54) is 0 Å². The number of fused-ring (bicyclic) bond motifs is 1. The van der Waals surface area contributed by atoms with Gasteiger partial charge in [0.05, 0.1) is 13.5 Å². The minimum atomic E-state index is -0.0223. The molecule has 1 N–H and O–H groups in total. The third kappa shape index (κ3) is 4.76. The van der Waals surface area contributed by atoms with Crippen molar-refractivity contribution >= 4 is 17.0 Å². The van der Waals surface area contributed by atoms with Crippen LogP contribution in [-0.4, -0.2) is 58.9 Å². The van der Waals surface area contributed by atoms with E-state index in [9.17, 15) is 4.79 Å². The van der Waals surface area contributed by atoms with Gasteiger partial charge in [-0.25, -0.2) is 4.98 Å². The van der Waals surface area contributed by atoms with E-state index in [0.717, 1.165) is 49.6 Å². The number of hydrogen-bond donors (Lipinski definition) is 1. The van der Waals surface area contributed by atoms with Crippen molar-refractivity contribution in [2.24, 2.45) is 0 Å². The molecule has 0 radical (unpaired) electrons. The zero-order valence-corrected chi connectivity index (χ0v) is 18.5. The van der Waals surface area contributed by atoms with Gasteiger partial charge in [-0.2, -0.15) is 4.98 Å². The van der Waals surface area contributed by atoms with Gasteiger partial charge in [0.25, 0.3) is 0 Å². The van der Waals surface area contributed by atoms with Crippen molar-refractivity contribution < 1.29 is 13.9 Å². The Morgan fingerprint density at radius 3 is 2.82 bits per heavy atom. The minimum Gasteiger partial charge on any atom is -0.496 e. The number of nitrogens with zero attached hydrogens (tertiary/aromatic N) is 4. The maximum Gasteiger partial charge on any atom is 0.229 e. The summed E-state index contributed by atoms with van der Waals surface area (Å²) in [5, 5.41) is 3.36. The number of aromatic nitrogens is 3. The van der Waals surface area contributed by atoms with Crippen LogP contribution in [0.25, 0.3) is 22.7 Å². The first kappa shape index (κ1) is 21.2. The van der Waals surface area contributed by atoms with Gasteiger partial charge in [-0.05, 0) is 30.3 Å². The Hall–Kier alpha value is -3.62. The van der Waals surface area contributed by atoms with Gasteiger partial charge in [-0.3, -0.25) is 14.7 Å². The summed E-state index contributed by atoms with van der Waals surface area (Å²) in [6.45, 7) is 4.79. The molecule has 5 rings (SSSR count). The molecule has 1 aromatic carbocycles. The molecule has 8 heteroatoms. The van der Waals surface area contributed by atoms with Crippen molar-refractivity contribution in [1.29, 1.82) is 0 Å². The standard InChI is InChI=1S/C25H25N5O3/c1-32-23-14-17(4-5-19(23)16-30-11-9-26-10-12-30)21(31)15-20-13-18(6-8-27-20)25-29-24-22(33-25)3-2-7-28-24/h2-8,13-14,26H,9-12,15-16H2,1H3. The molecule has 0 aliphatic carbocycles. The number of benzene rings is 1. The van der Waals surface area contributed by atoms with Crippen LogP contribution in [0.3, 0.4) is 0 Å². The second-order valence-corrected chi connectivity index (χ2v) is 8.03. The van der Waals surface area contributed by atoms with Crippen molar-refractivity contribution in [3.05, 3.63) is 71.7 Å². The van der Waals surface area contributed by atoms with Crippen LogP contribution in [0.15, 0.2) is 59.3 Å². The Morgan fingerprint density at radius 1 is 1.12 bits per heavy atom. The summed E-state index contributed by atoms with van der Waals surface area (Å²) in [4.78, 5) is 28.4. The van der Waals surface area contributed by atoms with Crippen molar-refractivity contribution in [1.82, 2.24) is 25.2 Å². The van der Waals surface area contributed by atoms with Gasteiger partial charge in [0, 0.05) is 67.5 Å². The van der Waals surface area contributed by atoms with Crippen molar-refractivity contribution in [2.45, 2.75) is 13.0 Å². The topological polar surface area (TPSA) is 93.4 Å². The van der Waals surface area contributed by atoms with E-state index >= 15 is 0 Å². The number of piperazine rings is 1. The van der Waals surface area contributed by atoms with E-state index < -0.39 is 0 Å². The number of carbonyl (C=O) groups excluding carboxylic acids is 1. The number of hydrogen-bond acceptors (Lipinski definition) is 8. The smallest absolute Gasteiger partial charge is 0.229 e. The predicted octanol–water partition coefficient (Wildman–Crippen LogP) is 3.12. The third-order valence-electron chi connectivity index (χ3n) is 5.78. The zero-order chi connectivity index (χ0) is 22.6. The second kappa shape index (κ2) is 9.48. The number of ether oxygens (including phenoxy) is 1. The molecule has 33 heavy (non-hydrogen) atoms. The molecular formula is C25H25N5O3. The van der Waals surface area contributed by atoms with E-state index in [1.54, 1.807) is 25.6 Å². The monoisotopic (exact) mass is 443 g/mol. The lowest BCUT2D eigenvalue weighted by Crippen LogP contribution is -2.42. The fourth-order valence-electron chi connectivity index (χ4n) is 4.03. The molecule has 1 aliphatic heterocycles. The molecule has 1 aliphatic rings. The first-order valence-corrected chi connectivity index (χ1v) is 11.0. The molecule has 168 valence electrons. The Balaban J connectivity index is 1.32. The molecule has 0 amide bonds. The molecule has 1 saturated heterocycles. The second-order valence-electron chi connectivity index (χ2n) is 8.03. The summed E-state index contributed by atoms with van der Waals surface area (Å²) in [5.74, 6) is 1.17. The lowest BCUT2D eigenvalue weighted by atomic mass is 10.0. The number of pyridine rings is 2. The summed E-state index contributed by atoms with van der Waals surface area (Å²) < 4.78 is 11.4. The average molecular weight is 444 g/mol. The van der Waals surface area contributed by atoms with Crippen molar-refractivity contribution in [3.8, 4) is 17.2 Å². The highest BCUT2D eigenvalue weighted by Gasteiger charge is 2.16. The summed E-state index contributed by atoms with van der Waals surface area (Å²) >= 11 is 0. The molecular weight excluding hydrogens is 418 g/mol. The summed E-state index contributed by atoms with van der Waals surface area (Å²) in [6.07, 6.45) is 3.51. The van der Waals surface area contributed by atoms with Gasteiger partial charge in [0.15, 0.2) is 17.0 Å². The summed E-state index contributed by atoms with van der Waals surface area (Å²) in [7, 11) is 1.64. The highest BCUT2D eigenvalue weighted by Crippen LogP contribution is 2.25. The quantitative estimate of drug-likeness (QED) is 0.436. The van der Waals surface area contributed by atoms with E-state index in [4.69, 9.17) is 9.15 Å². The number of Topliss-reactive ketones (excluding diaryl/α,β-unsaturated/α-hetero) is 1. The van der Waals surface area contributed by atoms with Crippen LogP contribution in [0.4, 0.5) is 0 Å². The van der Waals surface area contributed by atoms with Crippen molar-refractivity contribution in [2.75, 3.05) is 33.3 Å². The Labute approximate surface area is 191 Å². The fraction of sp³-hybridized carbons (Fsp3) is 0.280. The number of nitrogens with one attached hydrogen (secondary N) is 1. The molecule has 3 aromatic heterocycles. The van der Waals surface area contributed by atoms with Gasteiger partial charge < -0.3 is 14.5 Å². The van der Waals surface area contributed by atoms with Crippen LogP contribution >= 0.6 is 0 Å². The van der Waals surface area contributed by atoms with E-state index in [1.807, 2.05) is 36.4 Å². The number of ketones is 1. The molecule has 1 fully saturated rings. The number of rotatable bonds is 7. The summed E-state index contributed by atoms with van der Waals surface area (Å²) in [6, 6.07) is 13.0. The molecule has 8 nitrogen and oxygen atoms in total. The molecule has 0 saturated carbocycles. The number of methoxy groups -OCH3 is 1. The molecule has 4 aromatic rings. The highest BCUT2D eigenvalue weighted by atomic mass is 16.5. The van der Waals surface area contributed by atoms with E-state index in [2.05, 4.69) is 25.2 Å². The SMILES string of the molecule is COc1cc(C(=O)Cc2cc(-c3nc4ncccc4o3)ccn2)ccc1CN1CCNCC1. The van der Waals surface area contributed by atoms with Gasteiger partial charge in [-0.1, -0.05) is 12.1 Å². The van der Waals surface area contributed by atoms with Crippen LogP contribution in [-0.2, 0) is 13.0 Å². The predicted molar refractivity (Wildman–Crippen MR) is 124 cm³/mol. The maximum atomic E-state index is 13.0. The first-order valence-electron chi connectivity index (χ1n) is 11.0. The van der Waals surface area contributed by atoms with Crippen LogP contribution in [0.1, 0.15) is 21.6 Å². The van der Waals surface area contributed by atoms with Crippen LogP contribution < -0.4 is 10.1 Å². The molecule has 0 bridgehead atoms. The Kier molecular flexibility index (Phi) is 6.10. The van der Waals surface area contributed by atoms with E-state index in [0.29, 0.717) is 28.4 Å². The van der Waals surface area contributed by atoms with Gasteiger partial charge in [0.1, 0.15) is 5.75 Å². The lowest BCUT2D eigenvalue weighted by Gasteiger charge is -2.27. The maximum absolute atomic E-state index is 13.0. The summed E-state index contributed by atoms with van der Waals surface area (Å²) in [5.41, 5.74) is 4.27. The number of carbonyl (C=O) groups is 1. The van der Waals surface area contributed by atoms with Gasteiger partial charge >= 0.3 is 0 Å². The average Bonchev–Trinajstić information content (AvgIpc) is 3.29. The van der Waals surface area contributed by atoms with Gasteiger partial charge in [-0.15, -0.1) is 0 Å². The number of oxazole rings is 1. The minimum absolute atomic E-state index is 0.0223. The Bertz CT molecular complexity index is 1250. The normalized spacial score (nSPS) is 14.5.